The summed E-state index contributed by atoms with van der Waals surface area (Å²) in [5.41, 5.74) is 2.60. The zero-order valence-corrected chi connectivity index (χ0v) is 12.0. The summed E-state index contributed by atoms with van der Waals surface area (Å²) in [7, 11) is 4.06. The second-order valence-electron chi connectivity index (χ2n) is 5.68. The van der Waals surface area contributed by atoms with E-state index in [1.807, 2.05) is 14.1 Å². The van der Waals surface area contributed by atoms with Gasteiger partial charge in [0.1, 0.15) is 5.82 Å². The second-order valence-corrected chi connectivity index (χ2v) is 5.68. The third kappa shape index (κ3) is 4.73. The maximum atomic E-state index is 4.59. The summed E-state index contributed by atoms with van der Waals surface area (Å²) in [5.74, 6) is 1.04. The highest BCUT2D eigenvalue weighted by Gasteiger charge is 2.10. The lowest BCUT2D eigenvalue weighted by atomic mass is 10.1. The zero-order chi connectivity index (χ0) is 13.1. The molecule has 0 bridgehead atoms. The number of anilines is 1. The molecule has 1 aromatic rings. The van der Waals surface area contributed by atoms with Gasteiger partial charge in [-0.2, -0.15) is 0 Å². The van der Waals surface area contributed by atoms with Gasteiger partial charge in [0, 0.05) is 31.9 Å². The van der Waals surface area contributed by atoms with Crippen LogP contribution in [0.15, 0.2) is 12.1 Å². The van der Waals surface area contributed by atoms with Crippen molar-refractivity contribution in [1.82, 2.24) is 10.3 Å². The normalized spacial score (nSPS) is 11.6. The Balaban J connectivity index is 2.87. The molecular formula is C14H25N3. The van der Waals surface area contributed by atoms with Crippen LogP contribution in [0.25, 0.3) is 0 Å². The van der Waals surface area contributed by atoms with Crippen molar-refractivity contribution >= 4 is 5.82 Å². The van der Waals surface area contributed by atoms with E-state index in [1.54, 1.807) is 0 Å². The average molecular weight is 235 g/mol. The van der Waals surface area contributed by atoms with Gasteiger partial charge in [0.2, 0.25) is 0 Å². The van der Waals surface area contributed by atoms with E-state index < -0.39 is 0 Å². The third-order valence-corrected chi connectivity index (χ3v) is 2.57. The highest BCUT2D eigenvalue weighted by molar-refractivity contribution is 5.41. The molecule has 1 heterocycles. The molecule has 0 aliphatic carbocycles. The van der Waals surface area contributed by atoms with Gasteiger partial charge >= 0.3 is 0 Å². The summed E-state index contributed by atoms with van der Waals surface area (Å²) in [6.45, 7) is 9.58. The standard InChI is InChI=1S/C14H25N3/c1-7-12-8-11(10-15-14(2,3)4)9-13(16-12)17(5)6/h8-9,15H,7,10H2,1-6H3. The van der Waals surface area contributed by atoms with Gasteiger partial charge in [0.15, 0.2) is 0 Å². The van der Waals surface area contributed by atoms with Crippen molar-refractivity contribution in [3.63, 3.8) is 0 Å². The molecule has 3 heteroatoms. The Morgan fingerprint density at radius 1 is 1.24 bits per heavy atom. The minimum atomic E-state index is 0.147. The zero-order valence-electron chi connectivity index (χ0n) is 12.0. The molecule has 3 nitrogen and oxygen atoms in total. The molecule has 17 heavy (non-hydrogen) atoms. The number of aromatic nitrogens is 1. The summed E-state index contributed by atoms with van der Waals surface area (Å²) in [6.07, 6.45) is 0.976. The minimum absolute atomic E-state index is 0.147. The molecule has 0 aromatic carbocycles. The molecule has 0 unspecified atom stereocenters. The van der Waals surface area contributed by atoms with E-state index in [0.717, 1.165) is 24.5 Å². The molecule has 0 radical (unpaired) electrons. The SMILES string of the molecule is CCc1cc(CNC(C)(C)C)cc(N(C)C)n1. The number of nitrogens with one attached hydrogen (secondary N) is 1. The van der Waals surface area contributed by atoms with E-state index in [1.165, 1.54) is 5.56 Å². The summed E-state index contributed by atoms with van der Waals surface area (Å²) in [6, 6.07) is 4.34. The van der Waals surface area contributed by atoms with Crippen LogP contribution in [0, 0.1) is 0 Å². The molecule has 0 spiro atoms. The molecule has 1 aromatic heterocycles. The molecule has 0 amide bonds. The van der Waals surface area contributed by atoms with Crippen LogP contribution in [0.4, 0.5) is 5.82 Å². The van der Waals surface area contributed by atoms with Crippen molar-refractivity contribution in [3.05, 3.63) is 23.4 Å². The van der Waals surface area contributed by atoms with Gasteiger partial charge in [-0.05, 0) is 44.9 Å². The van der Waals surface area contributed by atoms with Gasteiger partial charge in [0.25, 0.3) is 0 Å². The van der Waals surface area contributed by atoms with Crippen LogP contribution in [0.3, 0.4) is 0 Å². The average Bonchev–Trinajstić information content (AvgIpc) is 2.25. The van der Waals surface area contributed by atoms with Crippen molar-refractivity contribution < 1.29 is 0 Å². The minimum Gasteiger partial charge on any atom is -0.363 e. The fraction of sp³-hybridized carbons (Fsp3) is 0.643. The Bertz CT molecular complexity index is 364. The lowest BCUT2D eigenvalue weighted by Crippen LogP contribution is -2.35. The Hall–Kier alpha value is -1.09. The Labute approximate surface area is 105 Å². The topological polar surface area (TPSA) is 28.2 Å². The fourth-order valence-electron chi connectivity index (χ4n) is 1.51. The van der Waals surface area contributed by atoms with E-state index in [2.05, 4.69) is 55.0 Å². The van der Waals surface area contributed by atoms with Crippen LogP contribution in [0.1, 0.15) is 39.0 Å². The van der Waals surface area contributed by atoms with Crippen molar-refractivity contribution in [1.29, 1.82) is 0 Å². The molecule has 0 aliphatic rings. The van der Waals surface area contributed by atoms with Gasteiger partial charge in [-0.1, -0.05) is 6.92 Å². The van der Waals surface area contributed by atoms with E-state index in [0.29, 0.717) is 0 Å². The molecule has 0 saturated carbocycles. The van der Waals surface area contributed by atoms with E-state index in [4.69, 9.17) is 0 Å². The van der Waals surface area contributed by atoms with Crippen molar-refractivity contribution in [2.75, 3.05) is 19.0 Å². The summed E-state index contributed by atoms with van der Waals surface area (Å²) in [5, 5.41) is 3.51. The van der Waals surface area contributed by atoms with Gasteiger partial charge in [-0.25, -0.2) is 4.98 Å². The highest BCUT2D eigenvalue weighted by Crippen LogP contribution is 2.14. The Morgan fingerprint density at radius 2 is 1.88 bits per heavy atom. The van der Waals surface area contributed by atoms with Crippen LogP contribution in [0.5, 0.6) is 0 Å². The third-order valence-electron chi connectivity index (χ3n) is 2.57. The number of pyridine rings is 1. The number of hydrogen-bond acceptors (Lipinski definition) is 3. The van der Waals surface area contributed by atoms with Crippen molar-refractivity contribution in [2.24, 2.45) is 0 Å². The predicted molar refractivity (Wildman–Crippen MR) is 74.5 cm³/mol. The maximum Gasteiger partial charge on any atom is 0.128 e. The van der Waals surface area contributed by atoms with Crippen LogP contribution in [0.2, 0.25) is 0 Å². The van der Waals surface area contributed by atoms with Crippen LogP contribution in [-0.2, 0) is 13.0 Å². The second kappa shape index (κ2) is 5.50. The van der Waals surface area contributed by atoms with Crippen molar-refractivity contribution in [3.8, 4) is 0 Å². The molecule has 0 fully saturated rings. The first-order valence-electron chi connectivity index (χ1n) is 6.24. The fourth-order valence-corrected chi connectivity index (χ4v) is 1.51. The summed E-state index contributed by atoms with van der Waals surface area (Å²) >= 11 is 0. The van der Waals surface area contributed by atoms with Crippen LogP contribution < -0.4 is 10.2 Å². The van der Waals surface area contributed by atoms with E-state index in [-0.39, 0.29) is 5.54 Å². The molecule has 0 atom stereocenters. The molecule has 0 aliphatic heterocycles. The molecule has 1 rings (SSSR count). The molecule has 0 saturated heterocycles. The highest BCUT2D eigenvalue weighted by atomic mass is 15.1. The number of rotatable bonds is 4. The first-order chi connectivity index (χ1) is 7.81. The lowest BCUT2D eigenvalue weighted by Gasteiger charge is -2.21. The monoisotopic (exact) mass is 235 g/mol. The van der Waals surface area contributed by atoms with Gasteiger partial charge in [0.05, 0.1) is 0 Å². The van der Waals surface area contributed by atoms with Crippen LogP contribution >= 0.6 is 0 Å². The summed E-state index contributed by atoms with van der Waals surface area (Å²) in [4.78, 5) is 6.65. The lowest BCUT2D eigenvalue weighted by molar-refractivity contribution is 0.424. The quantitative estimate of drug-likeness (QED) is 0.869. The van der Waals surface area contributed by atoms with E-state index in [9.17, 15) is 0 Å². The van der Waals surface area contributed by atoms with Gasteiger partial charge in [-0.15, -0.1) is 0 Å². The van der Waals surface area contributed by atoms with Gasteiger partial charge < -0.3 is 10.2 Å². The number of aryl methyl sites for hydroxylation is 1. The van der Waals surface area contributed by atoms with Crippen molar-refractivity contribution in [2.45, 2.75) is 46.2 Å². The Morgan fingerprint density at radius 3 is 2.35 bits per heavy atom. The maximum absolute atomic E-state index is 4.59. The first-order valence-corrected chi connectivity index (χ1v) is 6.24. The largest absolute Gasteiger partial charge is 0.363 e. The number of nitrogens with zero attached hydrogens (tertiary/aromatic N) is 2. The van der Waals surface area contributed by atoms with Gasteiger partial charge in [-0.3, -0.25) is 0 Å². The molecule has 96 valence electrons. The predicted octanol–water partition coefficient (Wildman–Crippen LogP) is 2.60. The van der Waals surface area contributed by atoms with Crippen LogP contribution in [-0.4, -0.2) is 24.6 Å². The number of hydrogen-bond donors (Lipinski definition) is 1. The first kappa shape index (κ1) is 14.0. The Kier molecular flexibility index (Phi) is 4.52. The molecule has 1 N–H and O–H groups in total. The smallest absolute Gasteiger partial charge is 0.128 e. The summed E-state index contributed by atoms with van der Waals surface area (Å²) < 4.78 is 0. The van der Waals surface area contributed by atoms with E-state index >= 15 is 0 Å². The molecular weight excluding hydrogens is 210 g/mol.